The monoisotopic (exact) mass is 444 g/mol. The van der Waals surface area contributed by atoms with Gasteiger partial charge in [-0.3, -0.25) is 4.79 Å². The van der Waals surface area contributed by atoms with Crippen LogP contribution in [0.25, 0.3) is 5.69 Å². The number of halogens is 1. The fraction of sp³-hybridized carbons (Fsp3) is 0.238. The van der Waals surface area contributed by atoms with Crippen LogP contribution in [0.5, 0.6) is 0 Å². The van der Waals surface area contributed by atoms with Crippen LogP contribution in [0.1, 0.15) is 28.0 Å². The Bertz CT molecular complexity index is 1220. The molecule has 4 rings (SSSR count). The Labute approximate surface area is 180 Å². The number of nitrogens with one attached hydrogen (secondary N) is 1. The molecule has 1 aliphatic carbocycles. The van der Waals surface area contributed by atoms with Crippen LogP contribution in [0.2, 0.25) is 5.02 Å². The first-order valence-corrected chi connectivity index (χ1v) is 11.3. The number of aromatic nitrogens is 2. The molecule has 0 saturated heterocycles. The molecule has 0 spiro atoms. The van der Waals surface area contributed by atoms with Gasteiger partial charge in [0.25, 0.3) is 5.91 Å². The van der Waals surface area contributed by atoms with Crippen LogP contribution < -0.4 is 5.32 Å². The van der Waals surface area contributed by atoms with Gasteiger partial charge < -0.3 is 5.32 Å². The van der Waals surface area contributed by atoms with Crippen molar-refractivity contribution in [2.45, 2.75) is 24.2 Å². The molecule has 30 heavy (non-hydrogen) atoms. The van der Waals surface area contributed by atoms with Gasteiger partial charge >= 0.3 is 0 Å². The highest BCUT2D eigenvalue weighted by Gasteiger charge is 2.26. The summed E-state index contributed by atoms with van der Waals surface area (Å²) in [6.45, 7) is 0. The van der Waals surface area contributed by atoms with E-state index >= 15 is 0 Å². The number of fused-ring (bicyclic) bond motifs is 1. The lowest BCUT2D eigenvalue weighted by atomic mass is 10.2. The molecule has 0 unspecified atom stereocenters. The molecule has 1 amide bonds. The van der Waals surface area contributed by atoms with E-state index in [9.17, 15) is 13.2 Å². The lowest BCUT2D eigenvalue weighted by Crippen LogP contribution is -2.23. The first-order valence-electron chi connectivity index (χ1n) is 9.48. The van der Waals surface area contributed by atoms with E-state index < -0.39 is 15.9 Å². The molecule has 156 valence electrons. The minimum absolute atomic E-state index is 0.00356. The fourth-order valence-corrected chi connectivity index (χ4v) is 4.63. The molecule has 9 heteroatoms. The number of benzene rings is 2. The van der Waals surface area contributed by atoms with Crippen LogP contribution in [0, 0.1) is 0 Å². The van der Waals surface area contributed by atoms with E-state index in [1.54, 1.807) is 4.68 Å². The Balaban J connectivity index is 1.74. The summed E-state index contributed by atoms with van der Waals surface area (Å²) >= 11 is 6.24. The number of hydrogen-bond donors (Lipinski definition) is 1. The third-order valence-corrected chi connectivity index (χ3v) is 7.24. The van der Waals surface area contributed by atoms with Gasteiger partial charge in [0.1, 0.15) is 5.82 Å². The maximum Gasteiger partial charge on any atom is 0.258 e. The molecule has 3 aromatic rings. The van der Waals surface area contributed by atoms with Crippen LogP contribution in [-0.4, -0.2) is 42.5 Å². The normalized spacial score (nSPS) is 13.5. The molecule has 2 aromatic carbocycles. The van der Waals surface area contributed by atoms with Gasteiger partial charge in [-0.1, -0.05) is 29.8 Å². The Morgan fingerprint density at radius 2 is 1.87 bits per heavy atom. The molecule has 0 saturated carbocycles. The van der Waals surface area contributed by atoms with Crippen molar-refractivity contribution in [1.82, 2.24) is 14.1 Å². The second-order valence-corrected chi connectivity index (χ2v) is 9.82. The summed E-state index contributed by atoms with van der Waals surface area (Å²) in [5, 5.41) is 7.77. The second kappa shape index (κ2) is 7.86. The summed E-state index contributed by atoms with van der Waals surface area (Å²) in [6.07, 6.45) is 2.66. The zero-order chi connectivity index (χ0) is 21.5. The van der Waals surface area contributed by atoms with Crippen LogP contribution >= 0.6 is 11.6 Å². The molecule has 1 heterocycles. The lowest BCUT2D eigenvalue weighted by Gasteiger charge is -2.14. The van der Waals surface area contributed by atoms with Gasteiger partial charge in [-0.15, -0.1) is 0 Å². The first kappa shape index (κ1) is 20.6. The largest absolute Gasteiger partial charge is 0.306 e. The van der Waals surface area contributed by atoms with Gasteiger partial charge in [-0.25, -0.2) is 17.4 Å². The van der Waals surface area contributed by atoms with Gasteiger partial charge in [0.15, 0.2) is 0 Å². The minimum atomic E-state index is -3.70. The van der Waals surface area contributed by atoms with E-state index in [1.165, 1.54) is 32.3 Å². The Kier molecular flexibility index (Phi) is 5.40. The summed E-state index contributed by atoms with van der Waals surface area (Å²) in [4.78, 5) is 13.1. The molecule has 0 fully saturated rings. The number of para-hydroxylation sites is 1. The minimum Gasteiger partial charge on any atom is -0.306 e. The van der Waals surface area contributed by atoms with Gasteiger partial charge in [0.2, 0.25) is 10.0 Å². The highest BCUT2D eigenvalue weighted by molar-refractivity contribution is 7.89. The molecule has 0 bridgehead atoms. The zero-order valence-corrected chi connectivity index (χ0v) is 18.2. The number of sulfonamides is 1. The maximum atomic E-state index is 13.1. The van der Waals surface area contributed by atoms with E-state index in [0.717, 1.165) is 40.5 Å². The number of carbonyl (C=O) groups is 1. The van der Waals surface area contributed by atoms with E-state index in [2.05, 4.69) is 10.4 Å². The second-order valence-electron chi connectivity index (χ2n) is 7.26. The predicted octanol–water partition coefficient (Wildman–Crippen LogP) is 3.52. The average Bonchev–Trinajstić information content (AvgIpc) is 3.31. The maximum absolute atomic E-state index is 13.1. The van der Waals surface area contributed by atoms with Gasteiger partial charge in [-0.05, 0) is 49.6 Å². The SMILES string of the molecule is CN(C)S(=O)(=O)c1ccc(Cl)c(C(=O)Nc2c3c(nn2-c2ccccc2)CCC3)c1. The van der Waals surface area contributed by atoms with Crippen molar-refractivity contribution in [3.05, 3.63) is 70.4 Å². The van der Waals surface area contributed by atoms with E-state index in [4.69, 9.17) is 11.6 Å². The third kappa shape index (κ3) is 3.62. The molecule has 0 atom stereocenters. The highest BCUT2D eigenvalue weighted by Crippen LogP contribution is 2.32. The van der Waals surface area contributed by atoms with Crippen LogP contribution in [0.15, 0.2) is 53.4 Å². The highest BCUT2D eigenvalue weighted by atomic mass is 35.5. The molecule has 0 aliphatic heterocycles. The quantitative estimate of drug-likeness (QED) is 0.652. The van der Waals surface area contributed by atoms with Crippen molar-refractivity contribution in [3.63, 3.8) is 0 Å². The fourth-order valence-electron chi connectivity index (χ4n) is 3.50. The predicted molar refractivity (Wildman–Crippen MR) is 116 cm³/mol. The van der Waals surface area contributed by atoms with Crippen molar-refractivity contribution in [3.8, 4) is 5.69 Å². The molecule has 0 radical (unpaired) electrons. The summed E-state index contributed by atoms with van der Waals surface area (Å²) in [6, 6.07) is 13.7. The molecule has 1 aromatic heterocycles. The summed E-state index contributed by atoms with van der Waals surface area (Å²) in [5.41, 5.74) is 2.88. The van der Waals surface area contributed by atoms with Gasteiger partial charge in [0.05, 0.1) is 26.9 Å². The Morgan fingerprint density at radius 3 is 2.57 bits per heavy atom. The number of hydrogen-bond acceptors (Lipinski definition) is 4. The van der Waals surface area contributed by atoms with E-state index in [0.29, 0.717) is 5.82 Å². The van der Waals surface area contributed by atoms with Gasteiger partial charge in [-0.2, -0.15) is 5.10 Å². The number of amides is 1. The van der Waals surface area contributed by atoms with Crippen molar-refractivity contribution in [2.24, 2.45) is 0 Å². The number of rotatable bonds is 5. The zero-order valence-electron chi connectivity index (χ0n) is 16.6. The Hall–Kier alpha value is -2.68. The first-order chi connectivity index (χ1) is 14.3. The number of carbonyl (C=O) groups excluding carboxylic acids is 1. The molecular formula is C21H21ClN4O3S. The summed E-state index contributed by atoms with van der Waals surface area (Å²) in [7, 11) is -0.823. The summed E-state index contributed by atoms with van der Waals surface area (Å²) in [5.74, 6) is 0.109. The van der Waals surface area contributed by atoms with Crippen LogP contribution in [-0.2, 0) is 22.9 Å². The standard InChI is InChI=1S/C21H21ClN4O3S/c1-25(2)30(28,29)15-11-12-18(22)17(13-15)21(27)23-20-16-9-6-10-19(16)24-26(20)14-7-4-3-5-8-14/h3-5,7-8,11-13H,6,9-10H2,1-2H3,(H,23,27). The molecular weight excluding hydrogens is 424 g/mol. The van der Waals surface area contributed by atoms with Crippen LogP contribution in [0.3, 0.4) is 0 Å². The molecule has 1 N–H and O–H groups in total. The average molecular weight is 445 g/mol. The van der Waals surface area contributed by atoms with E-state index in [-0.39, 0.29) is 15.5 Å². The van der Waals surface area contributed by atoms with Gasteiger partial charge in [0, 0.05) is 19.7 Å². The smallest absolute Gasteiger partial charge is 0.258 e. The number of anilines is 1. The van der Waals surface area contributed by atoms with Crippen molar-refractivity contribution < 1.29 is 13.2 Å². The van der Waals surface area contributed by atoms with Crippen molar-refractivity contribution >= 4 is 33.3 Å². The van der Waals surface area contributed by atoms with E-state index in [1.807, 2.05) is 30.3 Å². The molecule has 7 nitrogen and oxygen atoms in total. The third-order valence-electron chi connectivity index (χ3n) is 5.10. The number of aryl methyl sites for hydroxylation is 1. The molecule has 1 aliphatic rings. The summed E-state index contributed by atoms with van der Waals surface area (Å²) < 4.78 is 27.7. The van der Waals surface area contributed by atoms with Crippen LogP contribution in [0.4, 0.5) is 5.82 Å². The Morgan fingerprint density at radius 1 is 1.13 bits per heavy atom. The number of nitrogens with zero attached hydrogens (tertiary/aromatic N) is 3. The lowest BCUT2D eigenvalue weighted by molar-refractivity contribution is 0.102. The topological polar surface area (TPSA) is 84.3 Å². The van der Waals surface area contributed by atoms with Crippen molar-refractivity contribution in [2.75, 3.05) is 19.4 Å². The van der Waals surface area contributed by atoms with Crippen molar-refractivity contribution in [1.29, 1.82) is 0 Å².